The fourth-order valence-electron chi connectivity index (χ4n) is 2.79. The number of amides is 3. The second-order valence-electron chi connectivity index (χ2n) is 6.63. The molecule has 2 N–H and O–H groups in total. The normalized spacial score (nSPS) is 15.5. The molecule has 0 aromatic heterocycles. The highest BCUT2D eigenvalue weighted by Gasteiger charge is 2.36. The number of nitrogens with one attached hydrogen (secondary N) is 2. The van der Waals surface area contributed by atoms with Gasteiger partial charge in [0, 0.05) is 20.9 Å². The summed E-state index contributed by atoms with van der Waals surface area (Å²) in [6.07, 6.45) is -0.125. The first kappa shape index (κ1) is 23.2. The van der Waals surface area contributed by atoms with Crippen molar-refractivity contribution in [2.45, 2.75) is 6.42 Å². The van der Waals surface area contributed by atoms with Crippen molar-refractivity contribution >= 4 is 72.8 Å². The van der Waals surface area contributed by atoms with E-state index in [1.165, 1.54) is 0 Å². The van der Waals surface area contributed by atoms with Crippen LogP contribution >= 0.6 is 43.5 Å². The number of carbonyl (C=O) groups is 4. The molecule has 2 aromatic rings. The van der Waals surface area contributed by atoms with Crippen molar-refractivity contribution < 1.29 is 23.9 Å². The fourth-order valence-corrected chi connectivity index (χ4v) is 3.78. The number of nitrogens with zero attached hydrogens (tertiary/aromatic N) is 1. The highest BCUT2D eigenvalue weighted by Crippen LogP contribution is 2.25. The van der Waals surface area contributed by atoms with Gasteiger partial charge in [-0.1, -0.05) is 43.5 Å². The van der Waals surface area contributed by atoms with Crippen LogP contribution in [0.1, 0.15) is 16.8 Å². The van der Waals surface area contributed by atoms with Crippen LogP contribution in [0.25, 0.3) is 0 Å². The average Bonchev–Trinajstić information content (AvgIpc) is 3.09. The van der Waals surface area contributed by atoms with E-state index in [0.717, 1.165) is 14.0 Å². The molecule has 0 spiro atoms. The summed E-state index contributed by atoms with van der Waals surface area (Å²) in [5.74, 6) is -2.95. The number of carbonyl (C=O) groups excluding carboxylic acids is 4. The molecule has 162 valence electrons. The van der Waals surface area contributed by atoms with Gasteiger partial charge in [0.2, 0.25) is 5.91 Å². The molecule has 1 fully saturated rings. The lowest BCUT2D eigenvalue weighted by atomic mass is 10.1. The Balaban J connectivity index is 1.48. The molecule has 3 rings (SSSR count). The van der Waals surface area contributed by atoms with Gasteiger partial charge in [-0.15, -0.1) is 0 Å². The Morgan fingerprint density at radius 3 is 2.45 bits per heavy atom. The maximum atomic E-state index is 12.3. The van der Waals surface area contributed by atoms with E-state index in [2.05, 4.69) is 42.6 Å². The van der Waals surface area contributed by atoms with E-state index < -0.39 is 36.2 Å². The smallest absolute Gasteiger partial charge is 0.311 e. The summed E-state index contributed by atoms with van der Waals surface area (Å²) in [7, 11) is 0. The lowest BCUT2D eigenvalue weighted by Gasteiger charge is -2.17. The molecular formula is C20H16Br2ClN3O5. The first-order valence-electron chi connectivity index (χ1n) is 9.01. The average molecular weight is 574 g/mol. The highest BCUT2D eigenvalue weighted by atomic mass is 79.9. The fraction of sp³-hybridized carbons (Fsp3) is 0.200. The maximum absolute atomic E-state index is 12.3. The van der Waals surface area contributed by atoms with Crippen molar-refractivity contribution in [2.24, 2.45) is 5.92 Å². The molecule has 0 radical (unpaired) electrons. The van der Waals surface area contributed by atoms with E-state index >= 15 is 0 Å². The quantitative estimate of drug-likeness (QED) is 0.515. The van der Waals surface area contributed by atoms with Crippen LogP contribution in [0.5, 0.6) is 0 Å². The molecule has 1 aliphatic heterocycles. The number of rotatable bonds is 6. The van der Waals surface area contributed by atoms with Gasteiger partial charge in [0.1, 0.15) is 0 Å². The minimum Gasteiger partial charge on any atom is -0.455 e. The molecule has 3 amide bonds. The van der Waals surface area contributed by atoms with Gasteiger partial charge in [0.15, 0.2) is 6.61 Å². The van der Waals surface area contributed by atoms with Crippen molar-refractivity contribution in [3.8, 4) is 0 Å². The molecule has 0 unspecified atom stereocenters. The minimum atomic E-state index is -0.790. The largest absolute Gasteiger partial charge is 0.455 e. The molecule has 1 heterocycles. The van der Waals surface area contributed by atoms with E-state index in [4.69, 9.17) is 16.3 Å². The summed E-state index contributed by atoms with van der Waals surface area (Å²) < 4.78 is 6.59. The third-order valence-electron chi connectivity index (χ3n) is 4.35. The summed E-state index contributed by atoms with van der Waals surface area (Å²) in [4.78, 5) is 48.7. The Hall–Kier alpha value is -2.43. The van der Waals surface area contributed by atoms with Crippen LogP contribution in [0, 0.1) is 5.92 Å². The van der Waals surface area contributed by atoms with Crippen molar-refractivity contribution in [1.29, 1.82) is 0 Å². The topological polar surface area (TPSA) is 105 Å². The van der Waals surface area contributed by atoms with E-state index in [-0.39, 0.29) is 13.0 Å². The molecule has 1 aliphatic rings. The van der Waals surface area contributed by atoms with Crippen LogP contribution in [0.4, 0.5) is 5.69 Å². The Kier molecular flexibility index (Phi) is 7.69. The summed E-state index contributed by atoms with van der Waals surface area (Å²) in [5.41, 5.74) is 3.23. The number of hydrogen-bond donors (Lipinski definition) is 2. The lowest BCUT2D eigenvalue weighted by Crippen LogP contribution is -2.43. The van der Waals surface area contributed by atoms with Crippen molar-refractivity contribution in [1.82, 2.24) is 10.4 Å². The summed E-state index contributed by atoms with van der Waals surface area (Å²) in [6, 6.07) is 11.5. The van der Waals surface area contributed by atoms with Gasteiger partial charge < -0.3 is 10.1 Å². The van der Waals surface area contributed by atoms with Gasteiger partial charge in [-0.3, -0.25) is 29.6 Å². The minimum absolute atomic E-state index is 0.0416. The molecule has 31 heavy (non-hydrogen) atoms. The van der Waals surface area contributed by atoms with Gasteiger partial charge in [0.25, 0.3) is 11.8 Å². The van der Waals surface area contributed by atoms with Gasteiger partial charge in [0.05, 0.1) is 23.2 Å². The van der Waals surface area contributed by atoms with Gasteiger partial charge in [-0.05, 0) is 42.5 Å². The molecule has 0 aliphatic carbocycles. The number of hydrogen-bond acceptors (Lipinski definition) is 5. The molecular weight excluding hydrogens is 557 g/mol. The summed E-state index contributed by atoms with van der Waals surface area (Å²) >= 11 is 12.6. The first-order valence-corrected chi connectivity index (χ1v) is 11.0. The Morgan fingerprint density at radius 2 is 1.77 bits per heavy atom. The number of halogens is 3. The van der Waals surface area contributed by atoms with Crippen molar-refractivity contribution in [2.75, 3.05) is 18.5 Å². The number of ether oxygens (including phenoxy) is 1. The zero-order valence-electron chi connectivity index (χ0n) is 15.9. The van der Waals surface area contributed by atoms with E-state index in [1.54, 1.807) is 42.5 Å². The molecule has 0 saturated carbocycles. The molecule has 0 bridgehead atoms. The summed E-state index contributed by atoms with van der Waals surface area (Å²) in [5, 5.41) is 3.95. The SMILES string of the molecule is O=C(COC(=O)[C@H]1CC(=O)N(NC(=O)c2ccc(Br)cc2)C1)Nc1ccc(Br)cc1Cl. The third-order valence-corrected chi connectivity index (χ3v) is 5.69. The van der Waals surface area contributed by atoms with Gasteiger partial charge in [-0.25, -0.2) is 0 Å². The zero-order valence-corrected chi connectivity index (χ0v) is 19.8. The molecule has 1 saturated heterocycles. The predicted octanol–water partition coefficient (Wildman–Crippen LogP) is 3.54. The highest BCUT2D eigenvalue weighted by molar-refractivity contribution is 9.10. The van der Waals surface area contributed by atoms with Gasteiger partial charge >= 0.3 is 5.97 Å². The summed E-state index contributed by atoms with van der Waals surface area (Å²) in [6.45, 7) is -0.568. The number of anilines is 1. The van der Waals surface area contributed by atoms with Crippen molar-refractivity contribution in [3.05, 3.63) is 62.0 Å². The number of benzene rings is 2. The zero-order chi connectivity index (χ0) is 22.5. The van der Waals surface area contributed by atoms with Gasteiger partial charge in [-0.2, -0.15) is 0 Å². The Labute approximate surface area is 199 Å². The van der Waals surface area contributed by atoms with Crippen LogP contribution in [0.2, 0.25) is 5.02 Å². The van der Waals surface area contributed by atoms with Crippen molar-refractivity contribution in [3.63, 3.8) is 0 Å². The molecule has 2 aromatic carbocycles. The van der Waals surface area contributed by atoms with Crippen LogP contribution in [-0.2, 0) is 19.1 Å². The standard InChI is InChI=1S/C20H16Br2ClN3O5/c21-13-3-1-11(2-4-13)19(29)25-26-9-12(7-18(26)28)20(30)31-10-17(27)24-16-6-5-14(22)8-15(16)23/h1-6,8,12H,7,9-10H2,(H,24,27)(H,25,29)/t12-/m0/s1. The lowest BCUT2D eigenvalue weighted by molar-refractivity contribution is -0.151. The van der Waals surface area contributed by atoms with E-state index in [0.29, 0.717) is 16.3 Å². The van der Waals surface area contributed by atoms with Crippen LogP contribution in [0.3, 0.4) is 0 Å². The second-order valence-corrected chi connectivity index (χ2v) is 8.87. The van der Waals surface area contributed by atoms with Crippen LogP contribution < -0.4 is 10.7 Å². The number of esters is 1. The first-order chi connectivity index (χ1) is 14.7. The third kappa shape index (κ3) is 6.28. The molecule has 1 atom stereocenters. The van der Waals surface area contributed by atoms with Crippen LogP contribution in [0.15, 0.2) is 51.4 Å². The van der Waals surface area contributed by atoms with E-state index in [9.17, 15) is 19.2 Å². The van der Waals surface area contributed by atoms with Crippen LogP contribution in [-0.4, -0.2) is 41.9 Å². The Bertz CT molecular complexity index is 1030. The second kappa shape index (κ2) is 10.3. The molecule has 11 heteroatoms. The van der Waals surface area contributed by atoms with E-state index in [1.807, 2.05) is 0 Å². The maximum Gasteiger partial charge on any atom is 0.311 e. The Morgan fingerprint density at radius 1 is 1.10 bits per heavy atom. The predicted molar refractivity (Wildman–Crippen MR) is 120 cm³/mol. The monoisotopic (exact) mass is 571 g/mol. The number of hydrazine groups is 1. The molecule has 8 nitrogen and oxygen atoms in total.